The SMILES string of the molecule is CCCOc1ccc(S(=O)(=O)N(C)C)cc1C=C1CCCCC1P(C1CCCCC1)C1CCCCC1.[Cl][Ru][Cl]. The Balaban J connectivity index is 0.00000134. The summed E-state index contributed by atoms with van der Waals surface area (Å²) in [6, 6.07) is 5.45. The summed E-state index contributed by atoms with van der Waals surface area (Å²) in [6.07, 6.45) is 22.6. The van der Waals surface area contributed by atoms with Crippen LogP contribution in [0.25, 0.3) is 6.08 Å². The Hall–Kier alpha value is 0.303. The third-order valence-electron chi connectivity index (χ3n) is 8.54. The average Bonchev–Trinajstić information content (AvgIpc) is 2.95. The van der Waals surface area contributed by atoms with E-state index in [0.717, 1.165) is 35.5 Å². The van der Waals surface area contributed by atoms with Crippen LogP contribution in [-0.4, -0.2) is 50.4 Å². The molecule has 0 radical (unpaired) electrons. The van der Waals surface area contributed by atoms with Gasteiger partial charge in [-0.1, -0.05) is 71.4 Å². The molecule has 0 N–H and O–H groups in total. The minimum absolute atomic E-state index is 0.0474. The van der Waals surface area contributed by atoms with E-state index in [1.807, 2.05) is 12.1 Å². The number of ether oxygens (including phenoxy) is 1. The zero-order chi connectivity index (χ0) is 28.3. The number of hydrogen-bond donors (Lipinski definition) is 0. The van der Waals surface area contributed by atoms with Gasteiger partial charge in [0.05, 0.1) is 11.5 Å². The zero-order valence-electron chi connectivity index (χ0n) is 24.0. The summed E-state index contributed by atoms with van der Waals surface area (Å²) >= 11 is -0.346. The molecule has 1 aromatic rings. The molecule has 1 aromatic carbocycles. The molecular formula is C30H48Cl2NO3PRuS. The van der Waals surface area contributed by atoms with Gasteiger partial charge < -0.3 is 4.74 Å². The average molecular weight is 706 g/mol. The molecule has 0 aliphatic heterocycles. The van der Waals surface area contributed by atoms with Crippen molar-refractivity contribution < 1.29 is 28.3 Å². The number of benzene rings is 1. The third kappa shape index (κ3) is 9.66. The summed E-state index contributed by atoms with van der Waals surface area (Å²) in [5.74, 6) is 0.825. The van der Waals surface area contributed by atoms with E-state index in [2.05, 4.69) is 13.0 Å². The van der Waals surface area contributed by atoms with Crippen molar-refractivity contribution in [3.05, 3.63) is 29.3 Å². The van der Waals surface area contributed by atoms with Gasteiger partial charge in [0, 0.05) is 25.3 Å². The second-order valence-electron chi connectivity index (χ2n) is 11.4. The van der Waals surface area contributed by atoms with Gasteiger partial charge in [0.25, 0.3) is 0 Å². The fourth-order valence-corrected chi connectivity index (χ4v) is 12.2. The monoisotopic (exact) mass is 705 g/mol. The Kier molecular flexibility index (Phi) is 15.1. The first-order valence-corrected chi connectivity index (χ1v) is 22.3. The molecule has 0 amide bonds. The Labute approximate surface area is 255 Å². The number of rotatable bonds is 9. The zero-order valence-corrected chi connectivity index (χ0v) is 29.0. The van der Waals surface area contributed by atoms with Gasteiger partial charge in [-0.25, -0.2) is 12.7 Å². The molecule has 0 saturated heterocycles. The fourth-order valence-electron chi connectivity index (χ4n) is 6.65. The molecule has 224 valence electrons. The van der Waals surface area contributed by atoms with E-state index in [-0.39, 0.29) is 23.1 Å². The van der Waals surface area contributed by atoms with Crippen LogP contribution in [-0.2, 0) is 25.2 Å². The van der Waals surface area contributed by atoms with Crippen molar-refractivity contribution in [2.75, 3.05) is 20.7 Å². The van der Waals surface area contributed by atoms with Crippen LogP contribution in [0, 0.1) is 0 Å². The number of allylic oxidation sites excluding steroid dienone is 1. The summed E-state index contributed by atoms with van der Waals surface area (Å²) < 4.78 is 33.4. The summed E-state index contributed by atoms with van der Waals surface area (Å²) in [6.45, 7) is 2.76. The van der Waals surface area contributed by atoms with Crippen LogP contribution in [0.2, 0.25) is 0 Å². The third-order valence-corrected chi connectivity index (χ3v) is 14.4. The Morgan fingerprint density at radius 1 is 0.949 bits per heavy atom. The molecule has 3 aliphatic carbocycles. The molecule has 4 rings (SSSR count). The first-order valence-electron chi connectivity index (χ1n) is 14.9. The van der Waals surface area contributed by atoms with E-state index in [1.165, 1.54) is 87.8 Å². The van der Waals surface area contributed by atoms with Crippen LogP contribution in [0.5, 0.6) is 5.75 Å². The molecule has 0 bridgehead atoms. The van der Waals surface area contributed by atoms with Crippen molar-refractivity contribution in [3.8, 4) is 5.75 Å². The minimum atomic E-state index is -3.49. The quantitative estimate of drug-likeness (QED) is 0.190. The van der Waals surface area contributed by atoms with Gasteiger partial charge in [-0.3, -0.25) is 0 Å². The van der Waals surface area contributed by atoms with Crippen LogP contribution in [0.3, 0.4) is 0 Å². The van der Waals surface area contributed by atoms with Gasteiger partial charge in [-0.05, 0) is 80.9 Å². The summed E-state index contributed by atoms with van der Waals surface area (Å²) in [7, 11) is 9.38. The maximum absolute atomic E-state index is 13.0. The van der Waals surface area contributed by atoms with E-state index in [9.17, 15) is 8.42 Å². The Morgan fingerprint density at radius 3 is 2.05 bits per heavy atom. The Bertz CT molecular complexity index is 993. The van der Waals surface area contributed by atoms with E-state index >= 15 is 0 Å². The van der Waals surface area contributed by atoms with Crippen LogP contribution in [0.1, 0.15) is 109 Å². The van der Waals surface area contributed by atoms with Gasteiger partial charge in [-0.15, -0.1) is 0 Å². The maximum atomic E-state index is 13.0. The molecule has 1 atom stereocenters. The molecular weight excluding hydrogens is 657 g/mol. The van der Waals surface area contributed by atoms with Crippen molar-refractivity contribution in [3.63, 3.8) is 0 Å². The predicted molar refractivity (Wildman–Crippen MR) is 166 cm³/mol. The van der Waals surface area contributed by atoms with Crippen LogP contribution >= 0.6 is 27.3 Å². The van der Waals surface area contributed by atoms with Gasteiger partial charge in [-0.2, -0.15) is 0 Å². The summed E-state index contributed by atoms with van der Waals surface area (Å²) in [5.41, 5.74) is 5.10. The topological polar surface area (TPSA) is 46.6 Å². The van der Waals surface area contributed by atoms with Crippen molar-refractivity contribution in [1.82, 2.24) is 4.31 Å². The molecule has 3 saturated carbocycles. The second-order valence-corrected chi connectivity index (χ2v) is 19.2. The molecule has 39 heavy (non-hydrogen) atoms. The van der Waals surface area contributed by atoms with E-state index in [1.54, 1.807) is 25.7 Å². The van der Waals surface area contributed by atoms with Gasteiger partial charge in [0.2, 0.25) is 10.0 Å². The molecule has 9 heteroatoms. The number of nitrogens with zero attached hydrogens (tertiary/aromatic N) is 1. The van der Waals surface area contributed by atoms with Gasteiger partial charge in [0.15, 0.2) is 0 Å². The molecule has 3 fully saturated rings. The van der Waals surface area contributed by atoms with Gasteiger partial charge in [0.1, 0.15) is 5.75 Å². The van der Waals surface area contributed by atoms with Crippen LogP contribution in [0.15, 0.2) is 28.7 Å². The standard InChI is InChI=1S/C30H48NO3PS.2ClH.Ru/c1-4-21-34-29-20-19-28(36(32,33)31(2)3)23-25(29)22-24-13-11-12-18-30(24)35(26-14-7-5-8-15-26)27-16-9-6-10-17-27;;;/h19-20,22-23,26-27,30H,4-18,21H2,1-3H3;2*1H;/q;;;+2/p-2. The summed E-state index contributed by atoms with van der Waals surface area (Å²) in [5, 5.41) is 0. The van der Waals surface area contributed by atoms with Crippen molar-refractivity contribution in [1.29, 1.82) is 0 Å². The molecule has 0 aromatic heterocycles. The first kappa shape index (κ1) is 33.8. The van der Waals surface area contributed by atoms with E-state index < -0.39 is 10.0 Å². The molecule has 0 heterocycles. The van der Waals surface area contributed by atoms with Crippen LogP contribution in [0.4, 0.5) is 0 Å². The van der Waals surface area contributed by atoms with Crippen molar-refractivity contribution in [2.24, 2.45) is 0 Å². The normalized spacial score (nSPS) is 22.7. The predicted octanol–water partition coefficient (Wildman–Crippen LogP) is 9.58. The molecule has 1 unspecified atom stereocenters. The molecule has 4 nitrogen and oxygen atoms in total. The summed E-state index contributed by atoms with van der Waals surface area (Å²) in [4.78, 5) is 0.359. The second kappa shape index (κ2) is 17.4. The number of hydrogen-bond acceptors (Lipinski definition) is 3. The molecule has 0 spiro atoms. The number of halogens is 2. The van der Waals surface area contributed by atoms with E-state index in [0.29, 0.717) is 17.2 Å². The van der Waals surface area contributed by atoms with Crippen molar-refractivity contribution >= 4 is 43.4 Å². The number of sulfonamides is 1. The Morgan fingerprint density at radius 2 is 1.51 bits per heavy atom. The van der Waals surface area contributed by atoms with Crippen LogP contribution < -0.4 is 4.74 Å². The molecule has 3 aliphatic rings. The first-order chi connectivity index (χ1) is 18.8. The van der Waals surface area contributed by atoms with Crippen molar-refractivity contribution in [2.45, 2.75) is 125 Å². The fraction of sp³-hybridized carbons (Fsp3) is 0.733. The van der Waals surface area contributed by atoms with E-state index in [4.69, 9.17) is 24.1 Å². The van der Waals surface area contributed by atoms with Gasteiger partial charge >= 0.3 is 34.5 Å².